The summed E-state index contributed by atoms with van der Waals surface area (Å²) in [5.41, 5.74) is 1.35. The smallest absolute Gasteiger partial charge is 0.387 e. The number of halogens is 4. The number of hydrogen-bond acceptors (Lipinski definition) is 6. The van der Waals surface area contributed by atoms with Gasteiger partial charge in [0, 0.05) is 13.1 Å². The number of aromatic nitrogens is 4. The van der Waals surface area contributed by atoms with Gasteiger partial charge in [-0.3, -0.25) is 10.00 Å². The van der Waals surface area contributed by atoms with Crippen LogP contribution in [0.5, 0.6) is 5.75 Å². The number of hydrogen-bond donors (Lipinski definition) is 2. The summed E-state index contributed by atoms with van der Waals surface area (Å²) in [6.07, 6.45) is 3.58. The highest BCUT2D eigenvalue weighted by molar-refractivity contribution is 5.85. The van der Waals surface area contributed by atoms with E-state index in [9.17, 15) is 17.6 Å². The second-order valence-electron chi connectivity index (χ2n) is 7.15. The highest BCUT2D eigenvalue weighted by Crippen LogP contribution is 2.31. The van der Waals surface area contributed by atoms with E-state index < -0.39 is 18.6 Å². The van der Waals surface area contributed by atoms with Crippen LogP contribution in [-0.4, -0.2) is 63.3 Å². The number of rotatable bonds is 7. The Hall–Kier alpha value is -2.95. The minimum atomic E-state index is -2.95. The van der Waals surface area contributed by atoms with E-state index in [1.54, 1.807) is 17.0 Å². The van der Waals surface area contributed by atoms with Crippen molar-refractivity contribution in [3.63, 3.8) is 0 Å². The molecule has 0 aliphatic carbocycles. The summed E-state index contributed by atoms with van der Waals surface area (Å²) in [6, 6.07) is 5.17. The van der Waals surface area contributed by atoms with Gasteiger partial charge in [0.15, 0.2) is 5.65 Å². The summed E-state index contributed by atoms with van der Waals surface area (Å²) in [5, 5.41) is 9.97. The highest BCUT2D eigenvalue weighted by Gasteiger charge is 2.44. The minimum absolute atomic E-state index is 0.0728. The van der Waals surface area contributed by atoms with Crippen molar-refractivity contribution in [3.8, 4) is 5.75 Å². The van der Waals surface area contributed by atoms with Gasteiger partial charge in [-0.25, -0.2) is 18.7 Å². The zero-order valence-electron chi connectivity index (χ0n) is 15.9. The van der Waals surface area contributed by atoms with Crippen molar-refractivity contribution in [2.45, 2.75) is 31.4 Å². The Bertz CT molecular complexity index is 981. The fourth-order valence-electron chi connectivity index (χ4n) is 3.55. The van der Waals surface area contributed by atoms with E-state index in [-0.39, 0.29) is 18.7 Å². The number of nitrogens with one attached hydrogen (secondary N) is 2. The maximum Gasteiger partial charge on any atom is 0.387 e. The number of nitrogens with zero attached hydrogens (tertiary/aromatic N) is 4. The first kappa shape index (κ1) is 20.3. The Balaban J connectivity index is 1.33. The molecule has 11 heteroatoms. The van der Waals surface area contributed by atoms with Crippen LogP contribution in [0.25, 0.3) is 11.0 Å². The van der Waals surface area contributed by atoms with Crippen LogP contribution in [0.2, 0.25) is 0 Å². The third-order valence-corrected chi connectivity index (χ3v) is 5.10. The van der Waals surface area contributed by atoms with Crippen molar-refractivity contribution in [1.29, 1.82) is 0 Å². The molecule has 1 aliphatic heterocycles. The van der Waals surface area contributed by atoms with Gasteiger partial charge < -0.3 is 10.1 Å². The van der Waals surface area contributed by atoms with E-state index >= 15 is 0 Å². The molecule has 160 valence electrons. The van der Waals surface area contributed by atoms with Gasteiger partial charge in [0.1, 0.15) is 17.9 Å². The molecular weight excluding hydrogens is 404 g/mol. The maximum atomic E-state index is 14.8. The average molecular weight is 424 g/mol. The zero-order valence-corrected chi connectivity index (χ0v) is 15.9. The van der Waals surface area contributed by atoms with E-state index in [1.807, 2.05) is 0 Å². The van der Waals surface area contributed by atoms with Crippen LogP contribution in [-0.2, 0) is 6.42 Å². The third-order valence-electron chi connectivity index (χ3n) is 5.10. The summed E-state index contributed by atoms with van der Waals surface area (Å²) in [4.78, 5) is 9.78. The number of ether oxygens (including phenoxy) is 1. The molecule has 3 aromatic rings. The third kappa shape index (κ3) is 4.61. The monoisotopic (exact) mass is 424 g/mol. The molecule has 4 rings (SSSR count). The fraction of sp³-hybridized carbons (Fsp3) is 0.421. The molecule has 1 aromatic carbocycles. The molecule has 0 spiro atoms. The quantitative estimate of drug-likeness (QED) is 0.567. The van der Waals surface area contributed by atoms with Gasteiger partial charge in [0.05, 0.1) is 24.2 Å². The van der Waals surface area contributed by atoms with Gasteiger partial charge in [-0.1, -0.05) is 12.1 Å². The molecule has 0 radical (unpaired) electrons. The molecule has 1 unspecified atom stereocenters. The number of H-pyrrole nitrogens is 1. The van der Waals surface area contributed by atoms with E-state index in [4.69, 9.17) is 0 Å². The van der Waals surface area contributed by atoms with Crippen molar-refractivity contribution in [2.75, 3.05) is 25.0 Å². The molecule has 1 saturated heterocycles. The molecule has 1 atom stereocenters. The number of piperidine rings is 1. The lowest BCUT2D eigenvalue weighted by Gasteiger charge is -2.38. The average Bonchev–Trinajstić information content (AvgIpc) is 3.18. The Morgan fingerprint density at radius 2 is 2.03 bits per heavy atom. The van der Waals surface area contributed by atoms with Gasteiger partial charge in [-0.15, -0.1) is 0 Å². The highest BCUT2D eigenvalue weighted by atomic mass is 19.3. The van der Waals surface area contributed by atoms with Crippen LogP contribution in [0.15, 0.2) is 36.8 Å². The standard InChI is InChI=1S/C19H20F4N6O/c20-18(21)30-13-3-1-12(2-4-13)5-7-29-8-6-15(19(22,23)10-29)27-16-14-9-26-28-17(14)25-11-24-16/h1-4,9,11,15,18H,5-8,10H2,(H2,24,25,26,27,28). The number of alkyl halides is 4. The van der Waals surface area contributed by atoms with Gasteiger partial charge >= 0.3 is 6.61 Å². The first-order valence-electron chi connectivity index (χ1n) is 9.45. The lowest BCUT2D eigenvalue weighted by atomic mass is 10.00. The SMILES string of the molecule is FC(F)Oc1ccc(CCN2CCC(Nc3ncnc4[nH]ncc34)C(F)(F)C2)cc1. The summed E-state index contributed by atoms with van der Waals surface area (Å²) in [5.74, 6) is -2.55. The van der Waals surface area contributed by atoms with Crippen LogP contribution in [0.3, 0.4) is 0 Å². The van der Waals surface area contributed by atoms with E-state index in [0.29, 0.717) is 36.4 Å². The van der Waals surface area contributed by atoms with Crippen molar-refractivity contribution in [2.24, 2.45) is 0 Å². The molecule has 2 aromatic heterocycles. The van der Waals surface area contributed by atoms with Gasteiger partial charge in [0.25, 0.3) is 5.92 Å². The van der Waals surface area contributed by atoms with Crippen molar-refractivity contribution < 1.29 is 22.3 Å². The first-order valence-corrected chi connectivity index (χ1v) is 9.45. The molecular formula is C19H20F4N6O. The summed E-state index contributed by atoms with van der Waals surface area (Å²) >= 11 is 0. The van der Waals surface area contributed by atoms with Crippen LogP contribution < -0.4 is 10.1 Å². The molecule has 0 amide bonds. The molecule has 0 saturated carbocycles. The largest absolute Gasteiger partial charge is 0.435 e. The van der Waals surface area contributed by atoms with E-state index in [0.717, 1.165) is 5.56 Å². The summed E-state index contributed by atoms with van der Waals surface area (Å²) in [6.45, 7) is -2.31. The summed E-state index contributed by atoms with van der Waals surface area (Å²) in [7, 11) is 0. The number of aromatic amines is 1. The van der Waals surface area contributed by atoms with Gasteiger partial charge in [-0.05, 0) is 30.5 Å². The minimum Gasteiger partial charge on any atom is -0.435 e. The van der Waals surface area contributed by atoms with Crippen LogP contribution in [0.1, 0.15) is 12.0 Å². The first-order chi connectivity index (χ1) is 14.4. The van der Waals surface area contributed by atoms with E-state index in [1.165, 1.54) is 24.7 Å². The van der Waals surface area contributed by atoms with Crippen LogP contribution >= 0.6 is 0 Å². The normalized spacial score (nSPS) is 19.3. The summed E-state index contributed by atoms with van der Waals surface area (Å²) < 4.78 is 58.2. The maximum absolute atomic E-state index is 14.8. The number of fused-ring (bicyclic) bond motifs is 1. The lowest BCUT2D eigenvalue weighted by molar-refractivity contribution is -0.0734. The molecule has 2 N–H and O–H groups in total. The fourth-order valence-corrected chi connectivity index (χ4v) is 3.55. The molecule has 3 heterocycles. The predicted molar refractivity (Wildman–Crippen MR) is 102 cm³/mol. The molecule has 1 fully saturated rings. The molecule has 1 aliphatic rings. The second kappa shape index (κ2) is 8.42. The number of benzene rings is 1. The Morgan fingerprint density at radius 1 is 1.23 bits per heavy atom. The topological polar surface area (TPSA) is 79.0 Å². The number of likely N-dealkylation sites (tertiary alicyclic amines) is 1. The second-order valence-corrected chi connectivity index (χ2v) is 7.15. The van der Waals surface area contributed by atoms with Gasteiger partial charge in [-0.2, -0.15) is 13.9 Å². The predicted octanol–water partition coefficient (Wildman–Crippen LogP) is 3.32. The van der Waals surface area contributed by atoms with Crippen LogP contribution in [0, 0.1) is 0 Å². The van der Waals surface area contributed by atoms with Gasteiger partial charge in [0.2, 0.25) is 0 Å². The van der Waals surface area contributed by atoms with Crippen molar-refractivity contribution in [3.05, 3.63) is 42.4 Å². The Kier molecular flexibility index (Phi) is 5.71. The number of anilines is 1. The van der Waals surface area contributed by atoms with Crippen LogP contribution in [0.4, 0.5) is 23.4 Å². The van der Waals surface area contributed by atoms with E-state index in [2.05, 4.69) is 30.2 Å². The lowest BCUT2D eigenvalue weighted by Crippen LogP contribution is -2.54. The Labute approximate surface area is 169 Å². The molecule has 30 heavy (non-hydrogen) atoms. The van der Waals surface area contributed by atoms with Crippen molar-refractivity contribution >= 4 is 16.9 Å². The molecule has 0 bridgehead atoms. The van der Waals surface area contributed by atoms with Crippen molar-refractivity contribution in [1.82, 2.24) is 25.1 Å². The zero-order chi connectivity index (χ0) is 21.1. The Morgan fingerprint density at radius 3 is 2.77 bits per heavy atom. The molecule has 7 nitrogen and oxygen atoms in total.